The van der Waals surface area contributed by atoms with Gasteiger partial charge in [0.15, 0.2) is 5.96 Å². The van der Waals surface area contributed by atoms with Crippen molar-refractivity contribution in [2.24, 2.45) is 22.6 Å². The normalized spacial score (nSPS) is 26.2. The van der Waals surface area contributed by atoms with Crippen molar-refractivity contribution >= 4 is 5.96 Å². The molecule has 2 aliphatic rings. The maximum atomic E-state index is 6.07. The van der Waals surface area contributed by atoms with E-state index in [0.29, 0.717) is 17.9 Å². The van der Waals surface area contributed by atoms with Crippen LogP contribution in [0.5, 0.6) is 0 Å². The minimum Gasteiger partial charge on any atom is -0.370 e. The molecule has 122 valence electrons. The summed E-state index contributed by atoms with van der Waals surface area (Å²) in [5.74, 6) is 2.12. The molecule has 2 fully saturated rings. The van der Waals surface area contributed by atoms with Crippen LogP contribution in [0.2, 0.25) is 0 Å². The molecule has 0 radical (unpaired) electrons. The smallest absolute Gasteiger partial charge is 0.188 e. The van der Waals surface area contributed by atoms with Crippen molar-refractivity contribution in [1.82, 2.24) is 10.2 Å². The zero-order valence-corrected chi connectivity index (χ0v) is 14.0. The Balaban J connectivity index is 1.68. The molecule has 21 heavy (non-hydrogen) atoms. The molecule has 0 bridgehead atoms. The molecule has 1 aliphatic carbocycles. The Bertz CT molecular complexity index is 319. The van der Waals surface area contributed by atoms with E-state index >= 15 is 0 Å². The maximum absolute atomic E-state index is 6.07. The predicted molar refractivity (Wildman–Crippen MR) is 90.5 cm³/mol. The second-order valence-electron chi connectivity index (χ2n) is 7.37. The Kier molecular flexibility index (Phi) is 6.81. The summed E-state index contributed by atoms with van der Waals surface area (Å²) in [4.78, 5) is 7.17. The summed E-state index contributed by atoms with van der Waals surface area (Å²) in [6.45, 7) is 9.11. The molecule has 1 atom stereocenters. The average Bonchev–Trinajstić information content (AvgIpc) is 2.70. The molecule has 0 amide bonds. The molecule has 1 unspecified atom stereocenters. The van der Waals surface area contributed by atoms with Crippen molar-refractivity contribution < 1.29 is 0 Å². The van der Waals surface area contributed by atoms with Crippen LogP contribution in [0, 0.1) is 11.8 Å². The first-order valence-corrected chi connectivity index (χ1v) is 8.92. The first-order chi connectivity index (χ1) is 10.1. The minimum absolute atomic E-state index is 0.553. The second kappa shape index (κ2) is 8.62. The summed E-state index contributed by atoms with van der Waals surface area (Å²) in [7, 11) is 0. The van der Waals surface area contributed by atoms with Crippen LogP contribution in [0.25, 0.3) is 0 Å². The first kappa shape index (κ1) is 16.6. The number of likely N-dealkylation sites (tertiary alicyclic amines) is 1. The fourth-order valence-corrected chi connectivity index (χ4v) is 3.65. The number of aliphatic imine (C=N–C) groups is 1. The number of nitrogens with one attached hydrogen (secondary N) is 1. The van der Waals surface area contributed by atoms with E-state index in [1.54, 1.807) is 0 Å². The lowest BCUT2D eigenvalue weighted by Crippen LogP contribution is -2.40. The molecule has 4 heteroatoms. The summed E-state index contributed by atoms with van der Waals surface area (Å²) in [6.07, 6.45) is 9.19. The number of hydrogen-bond acceptors (Lipinski definition) is 2. The van der Waals surface area contributed by atoms with Gasteiger partial charge in [-0.15, -0.1) is 0 Å². The van der Waals surface area contributed by atoms with E-state index < -0.39 is 0 Å². The van der Waals surface area contributed by atoms with Crippen LogP contribution in [0.1, 0.15) is 58.8 Å². The van der Waals surface area contributed by atoms with E-state index in [4.69, 9.17) is 5.73 Å². The fraction of sp³-hybridized carbons (Fsp3) is 0.941. The van der Waals surface area contributed by atoms with Gasteiger partial charge in [0.2, 0.25) is 0 Å². The van der Waals surface area contributed by atoms with Crippen molar-refractivity contribution in [2.45, 2.75) is 64.8 Å². The Morgan fingerprint density at radius 3 is 2.57 bits per heavy atom. The van der Waals surface area contributed by atoms with Crippen LogP contribution < -0.4 is 11.1 Å². The first-order valence-electron chi connectivity index (χ1n) is 8.92. The molecule has 0 aromatic carbocycles. The fourth-order valence-electron chi connectivity index (χ4n) is 3.65. The van der Waals surface area contributed by atoms with Gasteiger partial charge in [-0.3, -0.25) is 4.99 Å². The van der Waals surface area contributed by atoms with Crippen molar-refractivity contribution in [1.29, 1.82) is 0 Å². The lowest BCUT2D eigenvalue weighted by molar-refractivity contribution is 0.288. The molecule has 3 N–H and O–H groups in total. The van der Waals surface area contributed by atoms with Crippen LogP contribution in [-0.2, 0) is 0 Å². The molecule has 0 aromatic heterocycles. The third-order valence-electron chi connectivity index (χ3n) is 4.72. The van der Waals surface area contributed by atoms with Gasteiger partial charge in [0.1, 0.15) is 0 Å². The standard InChI is InChI=1S/C17H34N4/c1-14(2)12-21-10-9-15(13-21)11-19-17(18)20-16-7-5-3-4-6-8-16/h14-16H,3-13H2,1-2H3,(H3,18,19,20). The van der Waals surface area contributed by atoms with Gasteiger partial charge in [0.05, 0.1) is 0 Å². The van der Waals surface area contributed by atoms with Crippen LogP contribution in [0.4, 0.5) is 0 Å². The summed E-state index contributed by atoms with van der Waals surface area (Å²) in [5.41, 5.74) is 6.07. The van der Waals surface area contributed by atoms with Gasteiger partial charge in [0, 0.05) is 25.7 Å². The van der Waals surface area contributed by atoms with E-state index in [0.717, 1.165) is 12.5 Å². The van der Waals surface area contributed by atoms with Gasteiger partial charge in [0.25, 0.3) is 0 Å². The monoisotopic (exact) mass is 294 g/mol. The largest absolute Gasteiger partial charge is 0.370 e. The number of rotatable bonds is 5. The van der Waals surface area contributed by atoms with Crippen LogP contribution >= 0.6 is 0 Å². The highest BCUT2D eigenvalue weighted by Crippen LogP contribution is 2.18. The van der Waals surface area contributed by atoms with Gasteiger partial charge in [-0.2, -0.15) is 0 Å². The summed E-state index contributed by atoms with van der Waals surface area (Å²) in [5, 5.41) is 3.44. The van der Waals surface area contributed by atoms with Crippen molar-refractivity contribution in [3.63, 3.8) is 0 Å². The van der Waals surface area contributed by atoms with Crippen molar-refractivity contribution in [3.05, 3.63) is 0 Å². The number of hydrogen-bond donors (Lipinski definition) is 2. The molecule has 4 nitrogen and oxygen atoms in total. The van der Waals surface area contributed by atoms with Crippen molar-refractivity contribution in [3.8, 4) is 0 Å². The quantitative estimate of drug-likeness (QED) is 0.465. The number of nitrogens with zero attached hydrogens (tertiary/aromatic N) is 2. The SMILES string of the molecule is CC(C)CN1CCC(CN=C(N)NC2CCCCCC2)C1. The summed E-state index contributed by atoms with van der Waals surface area (Å²) in [6, 6.07) is 0.553. The van der Waals surface area contributed by atoms with Gasteiger partial charge in [-0.1, -0.05) is 39.5 Å². The second-order valence-corrected chi connectivity index (χ2v) is 7.37. The Hall–Kier alpha value is -0.770. The van der Waals surface area contributed by atoms with Gasteiger partial charge in [-0.05, 0) is 37.6 Å². The number of nitrogens with two attached hydrogens (primary N) is 1. The zero-order chi connectivity index (χ0) is 15.1. The predicted octanol–water partition coefficient (Wildman–Crippen LogP) is 2.59. The summed E-state index contributed by atoms with van der Waals surface area (Å²) < 4.78 is 0. The third-order valence-corrected chi connectivity index (χ3v) is 4.72. The van der Waals surface area contributed by atoms with Crippen LogP contribution in [0.15, 0.2) is 4.99 Å². The van der Waals surface area contributed by atoms with Gasteiger partial charge >= 0.3 is 0 Å². The highest BCUT2D eigenvalue weighted by atomic mass is 15.2. The van der Waals surface area contributed by atoms with E-state index in [1.807, 2.05) is 0 Å². The molecular weight excluding hydrogens is 260 g/mol. The van der Waals surface area contributed by atoms with Crippen LogP contribution in [-0.4, -0.2) is 43.1 Å². The Morgan fingerprint density at radius 2 is 1.90 bits per heavy atom. The van der Waals surface area contributed by atoms with Gasteiger partial charge in [-0.25, -0.2) is 0 Å². The zero-order valence-electron chi connectivity index (χ0n) is 14.0. The van der Waals surface area contributed by atoms with E-state index in [-0.39, 0.29) is 0 Å². The Labute approximate surface area is 130 Å². The molecule has 0 aromatic rings. The molecule has 2 rings (SSSR count). The van der Waals surface area contributed by atoms with Crippen LogP contribution in [0.3, 0.4) is 0 Å². The minimum atomic E-state index is 0.553. The summed E-state index contributed by atoms with van der Waals surface area (Å²) >= 11 is 0. The third kappa shape index (κ3) is 6.25. The molecule has 1 saturated heterocycles. The Morgan fingerprint density at radius 1 is 1.19 bits per heavy atom. The highest BCUT2D eigenvalue weighted by Gasteiger charge is 2.22. The van der Waals surface area contributed by atoms with Gasteiger partial charge < -0.3 is 16.0 Å². The highest BCUT2D eigenvalue weighted by molar-refractivity contribution is 5.78. The van der Waals surface area contributed by atoms with E-state index in [2.05, 4.69) is 29.1 Å². The van der Waals surface area contributed by atoms with E-state index in [9.17, 15) is 0 Å². The molecular formula is C17H34N4. The van der Waals surface area contributed by atoms with Crippen molar-refractivity contribution in [2.75, 3.05) is 26.2 Å². The molecule has 1 aliphatic heterocycles. The van der Waals surface area contributed by atoms with E-state index in [1.165, 1.54) is 64.6 Å². The average molecular weight is 294 g/mol. The molecule has 1 saturated carbocycles. The molecule has 0 spiro atoms. The maximum Gasteiger partial charge on any atom is 0.188 e. The topological polar surface area (TPSA) is 53.6 Å². The molecule has 1 heterocycles. The lowest BCUT2D eigenvalue weighted by Gasteiger charge is -2.18. The lowest BCUT2D eigenvalue weighted by atomic mass is 10.1. The number of guanidine groups is 1.